The third kappa shape index (κ3) is 5.74. The summed E-state index contributed by atoms with van der Waals surface area (Å²) in [7, 11) is 1.51. The molecule has 3 N–H and O–H groups in total. The molecule has 0 atom stereocenters. The van der Waals surface area contributed by atoms with E-state index < -0.39 is 0 Å². The summed E-state index contributed by atoms with van der Waals surface area (Å²) in [5.41, 5.74) is 6.54. The highest BCUT2D eigenvalue weighted by Gasteiger charge is 2.22. The van der Waals surface area contributed by atoms with Crippen molar-refractivity contribution in [2.45, 2.75) is 18.9 Å². The lowest BCUT2D eigenvalue weighted by atomic mass is 10.0. The van der Waals surface area contributed by atoms with Gasteiger partial charge in [-0.05, 0) is 18.9 Å². The van der Waals surface area contributed by atoms with Gasteiger partial charge in [-0.25, -0.2) is 0 Å². The van der Waals surface area contributed by atoms with E-state index in [1.54, 1.807) is 12.1 Å². The van der Waals surface area contributed by atoms with Crippen LogP contribution in [0.2, 0.25) is 5.02 Å². The first-order chi connectivity index (χ1) is 10.5. The minimum atomic E-state index is -0.180. The predicted molar refractivity (Wildman–Crippen MR) is 104 cm³/mol. The normalized spacial score (nSPS) is 14.9. The molecular formula is C16H24Cl3N3O2. The van der Waals surface area contributed by atoms with Crippen molar-refractivity contribution in [3.63, 3.8) is 0 Å². The molecule has 1 amide bonds. The third-order valence-electron chi connectivity index (χ3n) is 3.87. The van der Waals surface area contributed by atoms with Crippen molar-refractivity contribution in [2.24, 2.45) is 0 Å². The molecule has 1 saturated heterocycles. The van der Waals surface area contributed by atoms with Crippen LogP contribution in [0.15, 0.2) is 24.8 Å². The molecule has 24 heavy (non-hydrogen) atoms. The number of anilines is 1. The fourth-order valence-electron chi connectivity index (χ4n) is 2.62. The molecule has 0 bridgehead atoms. The van der Waals surface area contributed by atoms with Crippen molar-refractivity contribution in [1.82, 2.24) is 10.2 Å². The molecule has 2 rings (SSSR count). The minimum absolute atomic E-state index is 0. The van der Waals surface area contributed by atoms with Crippen molar-refractivity contribution >= 4 is 48.0 Å². The number of likely N-dealkylation sites (tertiary alicyclic amines) is 1. The van der Waals surface area contributed by atoms with Crippen LogP contribution in [0.3, 0.4) is 0 Å². The van der Waals surface area contributed by atoms with Gasteiger partial charge in [-0.1, -0.05) is 17.7 Å². The van der Waals surface area contributed by atoms with E-state index in [9.17, 15) is 4.79 Å². The number of nitrogens with two attached hydrogens (primary N) is 1. The maximum atomic E-state index is 12.4. The fourth-order valence-corrected chi connectivity index (χ4v) is 2.78. The number of rotatable bonds is 5. The summed E-state index contributed by atoms with van der Waals surface area (Å²) in [4.78, 5) is 14.8. The zero-order valence-corrected chi connectivity index (χ0v) is 16.0. The Hall–Kier alpha value is -1.14. The summed E-state index contributed by atoms with van der Waals surface area (Å²) < 4.78 is 5.22. The molecule has 1 aliphatic heterocycles. The number of nitrogens with zero attached hydrogens (tertiary/aromatic N) is 1. The van der Waals surface area contributed by atoms with Crippen molar-refractivity contribution in [3.05, 3.63) is 35.4 Å². The Bertz CT molecular complexity index is 562. The van der Waals surface area contributed by atoms with Crippen molar-refractivity contribution in [2.75, 3.05) is 32.5 Å². The summed E-state index contributed by atoms with van der Waals surface area (Å²) in [6.07, 6.45) is 3.75. The number of amides is 1. The molecule has 0 aliphatic carbocycles. The summed E-state index contributed by atoms with van der Waals surface area (Å²) in [5, 5.41) is 3.40. The second-order valence-electron chi connectivity index (χ2n) is 5.41. The number of hydrogen-bond donors (Lipinski definition) is 2. The van der Waals surface area contributed by atoms with Gasteiger partial charge in [0, 0.05) is 31.7 Å². The van der Waals surface area contributed by atoms with Crippen LogP contribution in [-0.2, 0) is 0 Å². The summed E-state index contributed by atoms with van der Waals surface area (Å²) in [6.45, 7) is 6.55. The van der Waals surface area contributed by atoms with Crippen LogP contribution >= 0.6 is 36.4 Å². The van der Waals surface area contributed by atoms with Gasteiger partial charge in [0.1, 0.15) is 5.75 Å². The Morgan fingerprint density at radius 3 is 2.62 bits per heavy atom. The van der Waals surface area contributed by atoms with E-state index in [4.69, 9.17) is 22.1 Å². The molecular weight excluding hydrogens is 373 g/mol. The van der Waals surface area contributed by atoms with Crippen molar-refractivity contribution in [1.29, 1.82) is 0 Å². The molecule has 1 fully saturated rings. The van der Waals surface area contributed by atoms with Crippen LogP contribution in [0.4, 0.5) is 5.69 Å². The molecule has 1 heterocycles. The van der Waals surface area contributed by atoms with Crippen molar-refractivity contribution in [3.8, 4) is 5.75 Å². The lowest BCUT2D eigenvalue weighted by molar-refractivity contribution is 0.0911. The van der Waals surface area contributed by atoms with Gasteiger partial charge in [-0.3, -0.25) is 9.69 Å². The van der Waals surface area contributed by atoms with Crippen LogP contribution in [0, 0.1) is 0 Å². The van der Waals surface area contributed by atoms with Gasteiger partial charge in [0.05, 0.1) is 23.4 Å². The first kappa shape index (κ1) is 22.9. The summed E-state index contributed by atoms with van der Waals surface area (Å²) in [5.74, 6) is 0.254. The largest absolute Gasteiger partial charge is 0.496 e. The van der Waals surface area contributed by atoms with Crippen LogP contribution in [-0.4, -0.2) is 43.6 Å². The highest BCUT2D eigenvalue weighted by atomic mass is 35.5. The van der Waals surface area contributed by atoms with Gasteiger partial charge >= 0.3 is 0 Å². The molecule has 1 aliphatic rings. The smallest absolute Gasteiger partial charge is 0.255 e. The van der Waals surface area contributed by atoms with E-state index in [0.29, 0.717) is 22.0 Å². The average Bonchev–Trinajstić information content (AvgIpc) is 2.51. The molecule has 1 aromatic rings. The fraction of sp³-hybridized carbons (Fsp3) is 0.438. The van der Waals surface area contributed by atoms with Gasteiger partial charge in [-0.2, -0.15) is 0 Å². The summed E-state index contributed by atoms with van der Waals surface area (Å²) in [6, 6.07) is 3.29. The zero-order chi connectivity index (χ0) is 16.1. The van der Waals surface area contributed by atoms with E-state index in [-0.39, 0.29) is 36.8 Å². The molecule has 0 radical (unpaired) electrons. The SMILES string of the molecule is C=CCN1CCC(NC(=O)c2cc(Cl)c(N)cc2OC)CC1.Cl.Cl. The first-order valence-electron chi connectivity index (χ1n) is 7.32. The number of benzene rings is 1. The third-order valence-corrected chi connectivity index (χ3v) is 4.20. The number of carbonyl (C=O) groups excluding carboxylic acids is 1. The molecule has 5 nitrogen and oxygen atoms in total. The van der Waals surface area contributed by atoms with Crippen LogP contribution in [0.25, 0.3) is 0 Å². The Morgan fingerprint density at radius 1 is 1.46 bits per heavy atom. The number of hydrogen-bond acceptors (Lipinski definition) is 4. The van der Waals surface area contributed by atoms with E-state index in [1.807, 2.05) is 6.08 Å². The van der Waals surface area contributed by atoms with Crippen molar-refractivity contribution < 1.29 is 9.53 Å². The number of nitrogen functional groups attached to an aromatic ring is 1. The van der Waals surface area contributed by atoms with E-state index in [1.165, 1.54) is 7.11 Å². The number of carbonyl (C=O) groups is 1. The first-order valence-corrected chi connectivity index (χ1v) is 7.70. The zero-order valence-electron chi connectivity index (χ0n) is 13.6. The van der Waals surface area contributed by atoms with E-state index in [0.717, 1.165) is 32.5 Å². The number of halogens is 3. The molecule has 8 heteroatoms. The molecule has 0 spiro atoms. The molecule has 0 unspecified atom stereocenters. The highest BCUT2D eigenvalue weighted by molar-refractivity contribution is 6.33. The van der Waals surface area contributed by atoms with E-state index >= 15 is 0 Å². The quantitative estimate of drug-likeness (QED) is 0.592. The van der Waals surface area contributed by atoms with Crippen LogP contribution in [0.1, 0.15) is 23.2 Å². The molecule has 1 aromatic carbocycles. The second-order valence-corrected chi connectivity index (χ2v) is 5.82. The minimum Gasteiger partial charge on any atom is -0.496 e. The van der Waals surface area contributed by atoms with Crippen LogP contribution < -0.4 is 15.8 Å². The number of piperidine rings is 1. The van der Waals surface area contributed by atoms with Crippen LogP contribution in [0.5, 0.6) is 5.75 Å². The maximum absolute atomic E-state index is 12.4. The van der Waals surface area contributed by atoms with Gasteiger partial charge in [0.15, 0.2) is 0 Å². The average molecular weight is 397 g/mol. The number of nitrogens with one attached hydrogen (secondary N) is 1. The standard InChI is InChI=1S/C16H22ClN3O2.2ClH/c1-3-6-20-7-4-11(5-8-20)19-16(21)12-9-13(17)14(18)10-15(12)22-2;;/h3,9-11H,1,4-8,18H2,2H3,(H,19,21);2*1H. The maximum Gasteiger partial charge on any atom is 0.255 e. The van der Waals surface area contributed by atoms with E-state index in [2.05, 4.69) is 16.8 Å². The monoisotopic (exact) mass is 395 g/mol. The Labute approximate surface area is 160 Å². The highest BCUT2D eigenvalue weighted by Crippen LogP contribution is 2.29. The second kappa shape index (κ2) is 10.7. The molecule has 0 saturated carbocycles. The Balaban J connectivity index is 0.00000264. The Kier molecular flexibility index (Phi) is 10.2. The topological polar surface area (TPSA) is 67.6 Å². The number of ether oxygens (including phenoxy) is 1. The predicted octanol–water partition coefficient (Wildman–Crippen LogP) is 3.15. The van der Waals surface area contributed by atoms with Gasteiger partial charge in [0.25, 0.3) is 5.91 Å². The lowest BCUT2D eigenvalue weighted by Gasteiger charge is -2.31. The molecule has 0 aromatic heterocycles. The molecule has 136 valence electrons. The number of methoxy groups -OCH3 is 1. The summed E-state index contributed by atoms with van der Waals surface area (Å²) >= 11 is 6.01. The lowest BCUT2D eigenvalue weighted by Crippen LogP contribution is -2.44. The van der Waals surface area contributed by atoms with Gasteiger partial charge < -0.3 is 15.8 Å². The van der Waals surface area contributed by atoms with Gasteiger partial charge in [0.2, 0.25) is 0 Å². The Morgan fingerprint density at radius 2 is 2.08 bits per heavy atom. The van der Waals surface area contributed by atoms with Gasteiger partial charge in [-0.15, -0.1) is 31.4 Å².